The number of esters is 1. The first-order chi connectivity index (χ1) is 17.7. The minimum atomic E-state index is -2.38. The summed E-state index contributed by atoms with van der Waals surface area (Å²) in [6.45, 7) is 23.3. The van der Waals surface area contributed by atoms with Crippen molar-refractivity contribution < 1.29 is 33.0 Å². The lowest BCUT2D eigenvalue weighted by atomic mass is 9.98. The molecule has 3 rings (SSSR count). The third-order valence-electron chi connectivity index (χ3n) is 8.61. The molecular weight excluding hydrogens is 528 g/mol. The van der Waals surface area contributed by atoms with E-state index in [1.54, 1.807) is 12.2 Å². The van der Waals surface area contributed by atoms with Crippen molar-refractivity contribution >= 4 is 28.4 Å². The second-order valence-corrected chi connectivity index (χ2v) is 23.6. The fourth-order valence-corrected chi connectivity index (χ4v) is 6.06. The molecule has 0 unspecified atom stereocenters. The average Bonchev–Trinajstić information content (AvgIpc) is 3.49. The van der Waals surface area contributed by atoms with E-state index in [2.05, 4.69) is 67.7 Å². The van der Waals surface area contributed by atoms with E-state index in [4.69, 9.17) is 18.3 Å². The predicted molar refractivity (Wildman–Crippen MR) is 159 cm³/mol. The molecule has 1 fully saturated rings. The Kier molecular flexibility index (Phi) is 9.02. The largest absolute Gasteiger partial charge is 0.543 e. The molecule has 39 heavy (non-hydrogen) atoms. The zero-order chi connectivity index (χ0) is 29.6. The number of hydrogen-bond acceptors (Lipinski definition) is 7. The summed E-state index contributed by atoms with van der Waals surface area (Å²) in [5.41, 5.74) is 0.825. The molecule has 0 radical (unpaired) electrons. The van der Waals surface area contributed by atoms with Crippen LogP contribution in [-0.2, 0) is 20.7 Å². The standard InChI is InChI=1S/C30H48O7Si2/c1-19-15-25-27(35-25)23(32)14-12-13-21(31)16-20-17-22(36-38(8,9)29(2,3)4)18-24(26(20)28(33)34-19)37-39(10,11)30(5,6)7/h12,14,17-19,23,25,27,32H,13,15-16H2,1-11H3/b14-12+/t19-,23-,25+,27+/m1/s1. The second-order valence-electron chi connectivity index (χ2n) is 14.1. The van der Waals surface area contributed by atoms with Gasteiger partial charge in [-0.25, -0.2) is 4.79 Å². The van der Waals surface area contributed by atoms with Gasteiger partial charge in [0.05, 0.1) is 6.10 Å². The molecule has 0 amide bonds. The van der Waals surface area contributed by atoms with Gasteiger partial charge in [0, 0.05) is 25.3 Å². The van der Waals surface area contributed by atoms with Crippen LogP contribution in [0, 0.1) is 0 Å². The topological polar surface area (TPSA) is 94.6 Å². The number of aliphatic hydroxyl groups excluding tert-OH is 1. The Morgan fingerprint density at radius 2 is 1.54 bits per heavy atom. The van der Waals surface area contributed by atoms with Gasteiger partial charge in [0.25, 0.3) is 8.32 Å². The number of benzene rings is 1. The molecule has 1 aromatic rings. The number of carbonyl (C=O) groups is 2. The Morgan fingerprint density at radius 1 is 0.949 bits per heavy atom. The van der Waals surface area contributed by atoms with Crippen LogP contribution in [0.5, 0.6) is 11.5 Å². The quantitative estimate of drug-likeness (QED) is 0.187. The Balaban J connectivity index is 2.15. The highest BCUT2D eigenvalue weighted by atomic mass is 28.4. The monoisotopic (exact) mass is 576 g/mol. The minimum absolute atomic E-state index is 0.0182. The summed E-state index contributed by atoms with van der Waals surface area (Å²) >= 11 is 0. The van der Waals surface area contributed by atoms with Crippen LogP contribution in [-0.4, -0.2) is 57.9 Å². The number of Topliss-reactive ketones (excluding diaryl/α,β-unsaturated/α-hetero) is 1. The number of hydrogen-bond donors (Lipinski definition) is 1. The number of cyclic esters (lactones) is 1. The van der Waals surface area contributed by atoms with Gasteiger partial charge in [-0.15, -0.1) is 0 Å². The zero-order valence-corrected chi connectivity index (χ0v) is 27.6. The summed E-state index contributed by atoms with van der Waals surface area (Å²) in [5.74, 6) is 0.400. The molecule has 2 heterocycles. The maximum Gasteiger partial charge on any atom is 0.342 e. The first kappa shape index (κ1) is 31.6. The number of allylic oxidation sites excluding steroid dienone is 1. The van der Waals surface area contributed by atoms with Crippen molar-refractivity contribution in [3.05, 3.63) is 35.4 Å². The lowest BCUT2D eigenvalue weighted by molar-refractivity contribution is -0.117. The van der Waals surface area contributed by atoms with E-state index in [1.165, 1.54) is 0 Å². The van der Waals surface area contributed by atoms with E-state index in [9.17, 15) is 14.7 Å². The van der Waals surface area contributed by atoms with E-state index in [1.807, 2.05) is 19.1 Å². The van der Waals surface area contributed by atoms with E-state index >= 15 is 0 Å². The summed E-state index contributed by atoms with van der Waals surface area (Å²) in [5, 5.41) is 10.2. The van der Waals surface area contributed by atoms with E-state index < -0.39 is 34.8 Å². The lowest BCUT2D eigenvalue weighted by Crippen LogP contribution is -2.45. The minimum Gasteiger partial charge on any atom is -0.543 e. The lowest BCUT2D eigenvalue weighted by Gasteiger charge is -2.38. The molecular formula is C30H48O7Si2. The summed E-state index contributed by atoms with van der Waals surface area (Å²) in [4.78, 5) is 26.9. The van der Waals surface area contributed by atoms with Crippen LogP contribution in [0.2, 0.25) is 36.3 Å². The Bertz CT molecular complexity index is 1110. The molecule has 218 valence electrons. The van der Waals surface area contributed by atoms with Crippen LogP contribution >= 0.6 is 0 Å². The van der Waals surface area contributed by atoms with Crippen LogP contribution in [0.25, 0.3) is 0 Å². The number of carbonyl (C=O) groups excluding carboxylic acids is 2. The summed E-state index contributed by atoms with van der Waals surface area (Å²) in [6, 6.07) is 3.62. The molecule has 0 spiro atoms. The van der Waals surface area contributed by atoms with Crippen LogP contribution in [0.3, 0.4) is 0 Å². The van der Waals surface area contributed by atoms with Gasteiger partial charge >= 0.3 is 5.97 Å². The highest BCUT2D eigenvalue weighted by molar-refractivity contribution is 6.75. The highest BCUT2D eigenvalue weighted by Crippen LogP contribution is 2.43. The molecule has 9 heteroatoms. The van der Waals surface area contributed by atoms with Crippen molar-refractivity contribution in [2.75, 3.05) is 0 Å². The smallest absolute Gasteiger partial charge is 0.342 e. The van der Waals surface area contributed by atoms with Gasteiger partial charge in [0.15, 0.2) is 0 Å². The molecule has 0 aliphatic carbocycles. The van der Waals surface area contributed by atoms with Crippen molar-refractivity contribution in [1.82, 2.24) is 0 Å². The molecule has 0 bridgehead atoms. The fraction of sp³-hybridized carbons (Fsp3) is 0.667. The molecule has 1 aromatic carbocycles. The second kappa shape index (κ2) is 11.1. The van der Waals surface area contributed by atoms with E-state index in [0.29, 0.717) is 23.5 Å². The van der Waals surface area contributed by atoms with Crippen molar-refractivity contribution in [2.45, 2.75) is 128 Å². The number of ether oxygens (including phenoxy) is 2. The number of fused-ring (bicyclic) bond motifs is 2. The van der Waals surface area contributed by atoms with Crippen LogP contribution in [0.15, 0.2) is 24.3 Å². The average molecular weight is 577 g/mol. The summed E-state index contributed by atoms with van der Waals surface area (Å²) in [7, 11) is -4.61. The molecule has 2 aliphatic rings. The van der Waals surface area contributed by atoms with Crippen molar-refractivity contribution in [1.29, 1.82) is 0 Å². The maximum atomic E-state index is 13.8. The van der Waals surface area contributed by atoms with E-state index in [-0.39, 0.29) is 46.5 Å². The molecule has 4 atom stereocenters. The fourth-order valence-electron chi connectivity index (χ4n) is 4.03. The first-order valence-electron chi connectivity index (χ1n) is 14.0. The SMILES string of the molecule is C[C@@H]1C[C@@H]2O[C@H]2[C@H](O)/C=C/CC(=O)Cc2cc(O[Si](C)(C)C(C)(C)C)cc(O[Si](C)(C)C(C)(C)C)c2C(=O)O1. The van der Waals surface area contributed by atoms with Crippen LogP contribution in [0.4, 0.5) is 0 Å². The van der Waals surface area contributed by atoms with Gasteiger partial charge < -0.3 is 23.4 Å². The summed E-state index contributed by atoms with van der Waals surface area (Å²) in [6.07, 6.45) is 2.13. The van der Waals surface area contributed by atoms with Gasteiger partial charge in [-0.05, 0) is 54.8 Å². The maximum absolute atomic E-state index is 13.8. The van der Waals surface area contributed by atoms with Crippen LogP contribution < -0.4 is 8.85 Å². The normalized spacial score (nSPS) is 26.1. The van der Waals surface area contributed by atoms with Crippen molar-refractivity contribution in [3.8, 4) is 11.5 Å². The molecule has 1 saturated heterocycles. The van der Waals surface area contributed by atoms with Crippen LogP contribution in [0.1, 0.15) is 77.2 Å². The van der Waals surface area contributed by atoms with Gasteiger partial charge in [-0.3, -0.25) is 4.79 Å². The number of aliphatic hydroxyl groups is 1. The number of rotatable bonds is 4. The molecule has 2 aliphatic heterocycles. The Labute approximate surface area is 236 Å². The molecule has 0 aromatic heterocycles. The molecule has 7 nitrogen and oxygen atoms in total. The van der Waals surface area contributed by atoms with Gasteiger partial charge in [-0.1, -0.05) is 53.7 Å². The van der Waals surface area contributed by atoms with Gasteiger partial charge in [-0.2, -0.15) is 0 Å². The van der Waals surface area contributed by atoms with Gasteiger partial charge in [0.1, 0.15) is 41.2 Å². The third kappa shape index (κ3) is 7.62. The highest BCUT2D eigenvalue weighted by Gasteiger charge is 2.45. The summed E-state index contributed by atoms with van der Waals surface area (Å²) < 4.78 is 24.9. The third-order valence-corrected chi connectivity index (χ3v) is 17.3. The predicted octanol–water partition coefficient (Wildman–Crippen LogP) is 6.59. The number of epoxide rings is 1. The zero-order valence-electron chi connectivity index (χ0n) is 25.6. The Hall–Kier alpha value is -1.95. The van der Waals surface area contributed by atoms with Crippen molar-refractivity contribution in [2.24, 2.45) is 0 Å². The number of ketones is 1. The Morgan fingerprint density at radius 3 is 2.13 bits per heavy atom. The molecule has 0 saturated carbocycles. The van der Waals surface area contributed by atoms with Crippen molar-refractivity contribution in [3.63, 3.8) is 0 Å². The van der Waals surface area contributed by atoms with E-state index in [0.717, 1.165) is 0 Å². The molecule has 1 N–H and O–H groups in total. The van der Waals surface area contributed by atoms with Gasteiger partial charge in [0.2, 0.25) is 8.32 Å². The first-order valence-corrected chi connectivity index (χ1v) is 19.8.